The van der Waals surface area contributed by atoms with Crippen molar-refractivity contribution in [2.45, 2.75) is 10.8 Å². The van der Waals surface area contributed by atoms with Crippen molar-refractivity contribution in [3.8, 4) is 11.3 Å². The van der Waals surface area contributed by atoms with E-state index in [-0.39, 0.29) is 11.8 Å². The zero-order chi connectivity index (χ0) is 16.0. The minimum absolute atomic E-state index is 0.172. The van der Waals surface area contributed by atoms with Crippen molar-refractivity contribution >= 4 is 56.3 Å². The fraction of sp³-hybridized carbons (Fsp3) is 0.176. The van der Waals surface area contributed by atoms with Crippen molar-refractivity contribution in [2.24, 2.45) is 5.92 Å². The molecule has 1 unspecified atom stereocenters. The maximum atomic E-state index is 12.0. The Morgan fingerprint density at radius 3 is 2.70 bits per heavy atom. The van der Waals surface area contributed by atoms with E-state index in [4.69, 9.17) is 23.2 Å². The molecule has 3 nitrogen and oxygen atoms in total. The highest BCUT2D eigenvalue weighted by Gasteiger charge is 2.56. The summed E-state index contributed by atoms with van der Waals surface area (Å²) in [5.74, 6) is -0.520. The van der Waals surface area contributed by atoms with Crippen LogP contribution in [0.15, 0.2) is 47.8 Å². The lowest BCUT2D eigenvalue weighted by atomic mass is 10.1. The largest absolute Gasteiger partial charge is 0.302 e. The average molecular weight is 363 g/mol. The molecule has 1 saturated carbocycles. The number of nitrogens with zero attached hydrogens (tertiary/aromatic N) is 1. The summed E-state index contributed by atoms with van der Waals surface area (Å²) in [7, 11) is 0. The van der Waals surface area contributed by atoms with Gasteiger partial charge in [-0.3, -0.25) is 4.79 Å². The number of aromatic nitrogens is 1. The summed E-state index contributed by atoms with van der Waals surface area (Å²) in [4.78, 5) is 16.5. The monoisotopic (exact) mass is 362 g/mol. The number of amides is 1. The van der Waals surface area contributed by atoms with Crippen LogP contribution in [0.4, 0.5) is 5.13 Å². The molecular weight excluding hydrogens is 351 g/mol. The van der Waals surface area contributed by atoms with Gasteiger partial charge in [0, 0.05) is 10.9 Å². The molecule has 1 aliphatic rings. The first-order chi connectivity index (χ1) is 11.0. The number of carbonyl (C=O) groups excluding carboxylic acids is 1. The Labute approximate surface area is 147 Å². The molecule has 23 heavy (non-hydrogen) atoms. The van der Waals surface area contributed by atoms with Gasteiger partial charge in [0.25, 0.3) is 0 Å². The van der Waals surface area contributed by atoms with E-state index in [0.717, 1.165) is 16.6 Å². The van der Waals surface area contributed by atoms with Gasteiger partial charge in [-0.05, 0) is 23.3 Å². The molecule has 1 amide bonds. The molecule has 0 radical (unpaired) electrons. The molecule has 0 saturated heterocycles. The first kappa shape index (κ1) is 14.9. The number of thiazole rings is 1. The standard InChI is InChI=1S/C17H12Cl2N2OS/c18-17(19)8-13(17)15(22)21-16-20-14(9-23-16)12-6-5-10-3-1-2-4-11(10)7-12/h1-7,9,13H,8H2,(H,20,21,22). The number of carbonyl (C=O) groups is 1. The first-order valence-electron chi connectivity index (χ1n) is 7.16. The number of fused-ring (bicyclic) bond motifs is 1. The molecule has 1 fully saturated rings. The van der Waals surface area contributed by atoms with Gasteiger partial charge in [-0.1, -0.05) is 36.4 Å². The zero-order valence-corrected chi connectivity index (χ0v) is 14.3. The quantitative estimate of drug-likeness (QED) is 0.658. The third-order valence-corrected chi connectivity index (χ3v) is 5.52. The Kier molecular flexibility index (Phi) is 3.56. The highest BCUT2D eigenvalue weighted by molar-refractivity contribution is 7.14. The number of nitrogens with one attached hydrogen (secondary N) is 1. The molecular formula is C17H12Cl2N2OS. The predicted molar refractivity (Wildman–Crippen MR) is 96.2 cm³/mol. The van der Waals surface area contributed by atoms with Gasteiger partial charge in [-0.25, -0.2) is 4.98 Å². The number of anilines is 1. The molecule has 1 heterocycles. The maximum Gasteiger partial charge on any atom is 0.232 e. The maximum absolute atomic E-state index is 12.0. The summed E-state index contributed by atoms with van der Waals surface area (Å²) in [5.41, 5.74) is 1.87. The predicted octanol–water partition coefficient (Wildman–Crippen LogP) is 5.10. The van der Waals surface area contributed by atoms with Gasteiger partial charge in [0.2, 0.25) is 5.91 Å². The van der Waals surface area contributed by atoms with E-state index in [0.29, 0.717) is 11.6 Å². The summed E-state index contributed by atoms with van der Waals surface area (Å²) >= 11 is 13.2. The highest BCUT2D eigenvalue weighted by Crippen LogP contribution is 2.53. The number of hydrogen-bond donors (Lipinski definition) is 1. The third kappa shape index (κ3) is 2.94. The van der Waals surface area contributed by atoms with Crippen LogP contribution in [0.1, 0.15) is 6.42 Å². The minimum Gasteiger partial charge on any atom is -0.302 e. The number of rotatable bonds is 3. The number of benzene rings is 2. The topological polar surface area (TPSA) is 42.0 Å². The Morgan fingerprint density at radius 2 is 1.96 bits per heavy atom. The van der Waals surface area contributed by atoms with Crippen LogP contribution >= 0.6 is 34.5 Å². The Balaban J connectivity index is 1.56. The van der Waals surface area contributed by atoms with Crippen LogP contribution in [-0.2, 0) is 4.79 Å². The van der Waals surface area contributed by atoms with E-state index in [2.05, 4.69) is 34.6 Å². The minimum atomic E-state index is -0.914. The van der Waals surface area contributed by atoms with E-state index in [1.807, 2.05) is 23.6 Å². The van der Waals surface area contributed by atoms with Crippen LogP contribution in [0, 0.1) is 5.92 Å². The molecule has 0 aliphatic heterocycles. The molecule has 1 N–H and O–H groups in total. The lowest BCUT2D eigenvalue weighted by molar-refractivity contribution is -0.117. The van der Waals surface area contributed by atoms with Gasteiger partial charge >= 0.3 is 0 Å². The van der Waals surface area contributed by atoms with Crippen molar-refractivity contribution in [3.63, 3.8) is 0 Å². The number of alkyl halides is 2. The summed E-state index contributed by atoms with van der Waals surface area (Å²) in [5, 5.41) is 7.63. The van der Waals surface area contributed by atoms with Crippen LogP contribution in [0.2, 0.25) is 0 Å². The summed E-state index contributed by atoms with van der Waals surface area (Å²) in [6.07, 6.45) is 0.491. The zero-order valence-electron chi connectivity index (χ0n) is 11.9. The smallest absolute Gasteiger partial charge is 0.232 e. The summed E-state index contributed by atoms with van der Waals surface area (Å²) in [6, 6.07) is 14.4. The van der Waals surface area contributed by atoms with Crippen molar-refractivity contribution in [1.82, 2.24) is 4.98 Å². The van der Waals surface area contributed by atoms with Crippen LogP contribution in [0.5, 0.6) is 0 Å². The van der Waals surface area contributed by atoms with Gasteiger partial charge in [0.05, 0.1) is 11.6 Å². The van der Waals surface area contributed by atoms with Gasteiger partial charge < -0.3 is 5.32 Å². The van der Waals surface area contributed by atoms with Gasteiger partial charge in [0.1, 0.15) is 4.33 Å². The second-order valence-corrected chi connectivity index (χ2v) is 8.01. The fourth-order valence-electron chi connectivity index (χ4n) is 2.50. The Bertz CT molecular complexity index is 906. The van der Waals surface area contributed by atoms with Crippen LogP contribution in [0.3, 0.4) is 0 Å². The molecule has 6 heteroatoms. The molecule has 1 atom stereocenters. The normalized spacial score (nSPS) is 18.8. The fourth-order valence-corrected chi connectivity index (χ4v) is 3.73. The van der Waals surface area contributed by atoms with Crippen molar-refractivity contribution in [1.29, 1.82) is 0 Å². The van der Waals surface area contributed by atoms with Crippen molar-refractivity contribution < 1.29 is 4.79 Å². The van der Waals surface area contributed by atoms with E-state index < -0.39 is 4.33 Å². The average Bonchev–Trinajstić information content (AvgIpc) is 2.95. The van der Waals surface area contributed by atoms with Crippen molar-refractivity contribution in [3.05, 3.63) is 47.8 Å². The second kappa shape index (κ2) is 5.48. The lowest BCUT2D eigenvalue weighted by Gasteiger charge is -2.02. The second-order valence-electron chi connectivity index (χ2n) is 5.61. The van der Waals surface area contributed by atoms with Crippen LogP contribution < -0.4 is 5.32 Å². The third-order valence-electron chi connectivity index (χ3n) is 3.92. The molecule has 0 bridgehead atoms. The molecule has 0 spiro atoms. The van der Waals surface area contributed by atoms with Crippen LogP contribution in [-0.4, -0.2) is 15.2 Å². The molecule has 3 aromatic rings. The highest BCUT2D eigenvalue weighted by atomic mass is 35.5. The lowest BCUT2D eigenvalue weighted by Crippen LogP contribution is -2.16. The first-order valence-corrected chi connectivity index (χ1v) is 8.80. The molecule has 116 valence electrons. The Morgan fingerprint density at radius 1 is 1.22 bits per heavy atom. The summed E-state index contributed by atoms with van der Waals surface area (Å²) < 4.78 is -0.914. The SMILES string of the molecule is O=C(Nc1nc(-c2ccc3ccccc3c2)cs1)C1CC1(Cl)Cl. The van der Waals surface area contributed by atoms with Gasteiger partial charge in [-0.2, -0.15) is 0 Å². The molecule has 1 aromatic heterocycles. The van der Waals surface area contributed by atoms with E-state index in [9.17, 15) is 4.79 Å². The molecule has 1 aliphatic carbocycles. The van der Waals surface area contributed by atoms with E-state index in [1.54, 1.807) is 0 Å². The van der Waals surface area contributed by atoms with Gasteiger partial charge in [0.15, 0.2) is 5.13 Å². The van der Waals surface area contributed by atoms with E-state index in [1.165, 1.54) is 16.7 Å². The van der Waals surface area contributed by atoms with Crippen molar-refractivity contribution in [2.75, 3.05) is 5.32 Å². The Hall–Kier alpha value is -1.62. The van der Waals surface area contributed by atoms with E-state index >= 15 is 0 Å². The molecule has 2 aromatic carbocycles. The number of hydrogen-bond acceptors (Lipinski definition) is 3. The van der Waals surface area contributed by atoms with Gasteiger partial charge in [-0.15, -0.1) is 34.5 Å². The summed E-state index contributed by atoms with van der Waals surface area (Å²) in [6.45, 7) is 0. The van der Waals surface area contributed by atoms with Crippen LogP contribution in [0.25, 0.3) is 22.0 Å². The molecule has 4 rings (SSSR count). The number of halogens is 2.